The average Bonchev–Trinajstić information content (AvgIpc) is 3.15. The molecule has 1 saturated heterocycles. The number of ether oxygens (including phenoxy) is 1. The summed E-state index contributed by atoms with van der Waals surface area (Å²) in [5.74, 6) is -1.75. The van der Waals surface area contributed by atoms with Gasteiger partial charge in [0.15, 0.2) is 0 Å². The van der Waals surface area contributed by atoms with Crippen molar-refractivity contribution in [1.82, 2.24) is 4.90 Å². The molecule has 142 valence electrons. The third-order valence-corrected chi connectivity index (χ3v) is 5.36. The van der Waals surface area contributed by atoms with E-state index in [1.807, 2.05) is 0 Å². The summed E-state index contributed by atoms with van der Waals surface area (Å²) in [6.45, 7) is 0.825. The highest BCUT2D eigenvalue weighted by molar-refractivity contribution is 7.12. The molecule has 1 atom stereocenters. The Kier molecular flexibility index (Phi) is 5.85. The molecule has 1 aliphatic rings. The van der Waals surface area contributed by atoms with Crippen LogP contribution in [0, 0.1) is 11.7 Å². The lowest BCUT2D eigenvalue weighted by atomic mass is 9.96. The molecule has 1 fully saturated rings. The van der Waals surface area contributed by atoms with Gasteiger partial charge in [0, 0.05) is 18.7 Å². The first-order valence-electron chi connectivity index (χ1n) is 8.51. The Morgan fingerprint density at radius 2 is 1.96 bits per heavy atom. The second-order valence-corrected chi connectivity index (χ2v) is 7.16. The van der Waals surface area contributed by atoms with Crippen molar-refractivity contribution in [2.45, 2.75) is 12.8 Å². The van der Waals surface area contributed by atoms with Crippen molar-refractivity contribution in [2.75, 3.05) is 25.5 Å². The number of hydrogen-bond acceptors (Lipinski definition) is 5. The highest BCUT2D eigenvalue weighted by Gasteiger charge is 2.29. The highest BCUT2D eigenvalue weighted by atomic mass is 32.1. The summed E-state index contributed by atoms with van der Waals surface area (Å²) < 4.78 is 17.8. The fraction of sp³-hybridized carbons (Fsp3) is 0.316. The lowest BCUT2D eigenvalue weighted by molar-refractivity contribution is -0.121. The van der Waals surface area contributed by atoms with Crippen LogP contribution in [0.5, 0.6) is 0 Å². The summed E-state index contributed by atoms with van der Waals surface area (Å²) in [7, 11) is 1.29. The minimum Gasteiger partial charge on any atom is -0.465 e. The second-order valence-electron chi connectivity index (χ2n) is 6.24. The van der Waals surface area contributed by atoms with Crippen LogP contribution in [0.2, 0.25) is 0 Å². The Hall–Kier alpha value is -2.74. The van der Waals surface area contributed by atoms with Crippen molar-refractivity contribution in [3.8, 4) is 0 Å². The highest BCUT2D eigenvalue weighted by Crippen LogP contribution is 2.26. The standard InChI is InChI=1S/C19H19FN2O4S/c1-26-19(25)16-15(8-10-27-16)21-17(23)13-3-2-9-22(11-13)18(24)12-4-6-14(20)7-5-12/h4-8,10,13H,2-3,9,11H2,1H3,(H,21,23). The summed E-state index contributed by atoms with van der Waals surface area (Å²) in [6.07, 6.45) is 1.34. The second kappa shape index (κ2) is 8.30. The van der Waals surface area contributed by atoms with Gasteiger partial charge < -0.3 is 15.0 Å². The van der Waals surface area contributed by atoms with Gasteiger partial charge in [0.1, 0.15) is 10.7 Å². The molecule has 3 rings (SSSR count). The van der Waals surface area contributed by atoms with E-state index in [4.69, 9.17) is 4.74 Å². The van der Waals surface area contributed by atoms with Crippen LogP contribution in [0.3, 0.4) is 0 Å². The smallest absolute Gasteiger partial charge is 0.350 e. The van der Waals surface area contributed by atoms with Gasteiger partial charge in [-0.15, -0.1) is 11.3 Å². The van der Waals surface area contributed by atoms with Crippen LogP contribution in [-0.2, 0) is 9.53 Å². The summed E-state index contributed by atoms with van der Waals surface area (Å²) in [4.78, 5) is 38.9. The molecule has 0 bridgehead atoms. The number of thiophene rings is 1. The first-order chi connectivity index (χ1) is 13.0. The number of hydrogen-bond donors (Lipinski definition) is 1. The number of anilines is 1. The van der Waals surface area contributed by atoms with Crippen molar-refractivity contribution in [2.24, 2.45) is 5.92 Å². The summed E-state index contributed by atoms with van der Waals surface area (Å²) >= 11 is 1.19. The Bertz CT molecular complexity index is 850. The summed E-state index contributed by atoms with van der Waals surface area (Å²) in [5, 5.41) is 4.47. The SMILES string of the molecule is COC(=O)c1sccc1NC(=O)C1CCCN(C(=O)c2ccc(F)cc2)C1. The Morgan fingerprint density at radius 3 is 2.67 bits per heavy atom. The number of rotatable bonds is 4. The molecular weight excluding hydrogens is 371 g/mol. The van der Waals surface area contributed by atoms with E-state index in [9.17, 15) is 18.8 Å². The zero-order chi connectivity index (χ0) is 19.4. The van der Waals surface area contributed by atoms with E-state index in [0.29, 0.717) is 35.5 Å². The van der Waals surface area contributed by atoms with Gasteiger partial charge in [-0.1, -0.05) is 0 Å². The number of likely N-dealkylation sites (tertiary alicyclic amines) is 1. The van der Waals surface area contributed by atoms with E-state index < -0.39 is 11.8 Å². The molecule has 0 aliphatic carbocycles. The van der Waals surface area contributed by atoms with Gasteiger partial charge >= 0.3 is 5.97 Å². The average molecular weight is 390 g/mol. The molecule has 0 saturated carbocycles. The molecule has 1 N–H and O–H groups in total. The fourth-order valence-corrected chi connectivity index (χ4v) is 3.81. The normalized spacial score (nSPS) is 16.7. The summed E-state index contributed by atoms with van der Waals surface area (Å²) in [5.41, 5.74) is 0.808. The lowest BCUT2D eigenvalue weighted by Gasteiger charge is -2.32. The molecule has 2 heterocycles. The number of piperidine rings is 1. The van der Waals surface area contributed by atoms with Crippen molar-refractivity contribution in [3.05, 3.63) is 52.0 Å². The van der Waals surface area contributed by atoms with Gasteiger partial charge in [-0.05, 0) is 48.6 Å². The molecule has 6 nitrogen and oxygen atoms in total. The number of carbonyl (C=O) groups is 3. The maximum atomic E-state index is 13.0. The molecule has 0 radical (unpaired) electrons. The maximum Gasteiger partial charge on any atom is 0.350 e. The number of halogens is 1. The molecule has 1 aromatic carbocycles. The van der Waals surface area contributed by atoms with Gasteiger partial charge in [-0.2, -0.15) is 0 Å². The minimum atomic E-state index is -0.503. The van der Waals surface area contributed by atoms with Crippen molar-refractivity contribution >= 4 is 34.8 Å². The van der Waals surface area contributed by atoms with Gasteiger partial charge in [-0.3, -0.25) is 9.59 Å². The van der Waals surface area contributed by atoms with Crippen LogP contribution in [-0.4, -0.2) is 42.9 Å². The predicted molar refractivity (Wildman–Crippen MR) is 99.3 cm³/mol. The van der Waals surface area contributed by atoms with Crippen molar-refractivity contribution < 1.29 is 23.5 Å². The van der Waals surface area contributed by atoms with Crippen LogP contribution in [0.1, 0.15) is 32.9 Å². The third kappa shape index (κ3) is 4.33. The zero-order valence-electron chi connectivity index (χ0n) is 14.7. The van der Waals surface area contributed by atoms with Gasteiger partial charge in [-0.25, -0.2) is 9.18 Å². The number of nitrogens with one attached hydrogen (secondary N) is 1. The molecule has 0 spiro atoms. The molecule has 1 aliphatic heterocycles. The van der Waals surface area contributed by atoms with E-state index in [2.05, 4.69) is 5.32 Å². The first-order valence-corrected chi connectivity index (χ1v) is 9.39. The number of benzene rings is 1. The molecule has 8 heteroatoms. The molecule has 1 aromatic heterocycles. The lowest BCUT2D eigenvalue weighted by Crippen LogP contribution is -2.43. The Balaban J connectivity index is 1.66. The van der Waals surface area contributed by atoms with E-state index >= 15 is 0 Å². The van der Waals surface area contributed by atoms with E-state index in [0.717, 1.165) is 0 Å². The van der Waals surface area contributed by atoms with Crippen LogP contribution in [0.15, 0.2) is 35.7 Å². The number of amides is 2. The van der Waals surface area contributed by atoms with Gasteiger partial charge in [0.2, 0.25) is 5.91 Å². The predicted octanol–water partition coefficient (Wildman–Crippen LogP) is 3.16. The first kappa shape index (κ1) is 19.0. The van der Waals surface area contributed by atoms with Crippen LogP contribution in [0.4, 0.5) is 10.1 Å². The molecular formula is C19H19FN2O4S. The minimum absolute atomic E-state index is 0.224. The molecule has 27 heavy (non-hydrogen) atoms. The zero-order valence-corrected chi connectivity index (χ0v) is 15.6. The monoisotopic (exact) mass is 390 g/mol. The van der Waals surface area contributed by atoms with Crippen LogP contribution >= 0.6 is 11.3 Å². The maximum absolute atomic E-state index is 13.0. The van der Waals surface area contributed by atoms with E-state index in [1.165, 1.54) is 42.7 Å². The number of esters is 1. The quantitative estimate of drug-likeness (QED) is 0.814. The largest absolute Gasteiger partial charge is 0.465 e. The number of nitrogens with zero attached hydrogens (tertiary/aromatic N) is 1. The third-order valence-electron chi connectivity index (χ3n) is 4.46. The van der Waals surface area contributed by atoms with E-state index in [1.54, 1.807) is 16.3 Å². The number of methoxy groups -OCH3 is 1. The van der Waals surface area contributed by atoms with Crippen molar-refractivity contribution in [1.29, 1.82) is 0 Å². The molecule has 1 unspecified atom stereocenters. The van der Waals surface area contributed by atoms with E-state index in [-0.39, 0.29) is 24.3 Å². The van der Waals surface area contributed by atoms with Gasteiger partial charge in [0.05, 0.1) is 18.7 Å². The number of carbonyl (C=O) groups excluding carboxylic acids is 3. The summed E-state index contributed by atoms with van der Waals surface area (Å²) in [6, 6.07) is 7.02. The topological polar surface area (TPSA) is 75.7 Å². The van der Waals surface area contributed by atoms with Crippen LogP contribution < -0.4 is 5.32 Å². The van der Waals surface area contributed by atoms with Crippen molar-refractivity contribution in [3.63, 3.8) is 0 Å². The molecule has 2 aromatic rings. The van der Waals surface area contributed by atoms with Crippen LogP contribution in [0.25, 0.3) is 0 Å². The fourth-order valence-electron chi connectivity index (χ4n) is 3.04. The Labute approximate surface area is 159 Å². The Morgan fingerprint density at radius 1 is 1.22 bits per heavy atom. The molecule has 2 amide bonds. The van der Waals surface area contributed by atoms with Gasteiger partial charge in [0.25, 0.3) is 5.91 Å².